The van der Waals surface area contributed by atoms with Crippen LogP contribution in [0.2, 0.25) is 0 Å². The fourth-order valence-corrected chi connectivity index (χ4v) is 14.2. The van der Waals surface area contributed by atoms with Gasteiger partial charge in [0.1, 0.15) is 13.2 Å². The second-order valence-electron chi connectivity index (χ2n) is 23.3. The van der Waals surface area contributed by atoms with Gasteiger partial charge in [0.25, 0.3) is 6.71 Å². The molecular formula is C79H49BN6O4. The Hall–Kier alpha value is -11.9. The van der Waals surface area contributed by atoms with E-state index in [9.17, 15) is 9.59 Å². The minimum atomic E-state index is -0.427. The van der Waals surface area contributed by atoms with Crippen LogP contribution in [0.4, 0.5) is 0 Å². The van der Waals surface area contributed by atoms with Crippen LogP contribution in [-0.4, -0.2) is 47.3 Å². The van der Waals surface area contributed by atoms with Crippen LogP contribution < -0.4 is 16.4 Å². The summed E-state index contributed by atoms with van der Waals surface area (Å²) < 4.78 is 19.4. The lowest BCUT2D eigenvalue weighted by atomic mass is 9.34. The summed E-state index contributed by atoms with van der Waals surface area (Å²) >= 11 is 0. The van der Waals surface area contributed by atoms with Gasteiger partial charge in [0.05, 0.1) is 38.9 Å². The van der Waals surface area contributed by atoms with Crippen LogP contribution in [0.5, 0.6) is 0 Å². The van der Waals surface area contributed by atoms with Gasteiger partial charge in [-0.3, -0.25) is 0 Å². The number of benzene rings is 12. The quantitative estimate of drug-likeness (QED) is 0.0938. The molecule has 0 radical (unpaired) electrons. The van der Waals surface area contributed by atoms with Gasteiger partial charge in [0.15, 0.2) is 17.5 Å². The van der Waals surface area contributed by atoms with Crippen LogP contribution in [0.25, 0.3) is 128 Å². The summed E-state index contributed by atoms with van der Waals surface area (Å²) in [7, 11) is 0. The average Bonchev–Trinajstić information content (AvgIpc) is 1.43. The van der Waals surface area contributed by atoms with Gasteiger partial charge < -0.3 is 23.2 Å². The van der Waals surface area contributed by atoms with E-state index in [4.69, 9.17) is 24.4 Å². The monoisotopic (exact) mass is 1160 g/mol. The zero-order valence-corrected chi connectivity index (χ0v) is 48.3. The van der Waals surface area contributed by atoms with E-state index in [0.717, 1.165) is 138 Å². The Kier molecular flexibility index (Phi) is 11.6. The summed E-state index contributed by atoms with van der Waals surface area (Å²) in [5.41, 5.74) is 19.5. The molecule has 0 N–H and O–H groups in total. The van der Waals surface area contributed by atoms with Crippen LogP contribution in [0.3, 0.4) is 0 Å². The van der Waals surface area contributed by atoms with Crippen LogP contribution >= 0.6 is 0 Å². The van der Waals surface area contributed by atoms with E-state index in [1.54, 1.807) is 0 Å². The van der Waals surface area contributed by atoms with Crippen LogP contribution in [0.1, 0.15) is 31.8 Å². The number of esters is 2. The molecule has 2 aliphatic heterocycles. The van der Waals surface area contributed by atoms with Crippen LogP contribution in [0, 0.1) is 0 Å². The molecule has 0 aliphatic carbocycles. The number of hydrogen-bond donors (Lipinski definition) is 0. The van der Waals surface area contributed by atoms with Gasteiger partial charge in [0.2, 0.25) is 0 Å². The fraction of sp³-hybridized carbons (Fsp3) is 0.0253. The van der Waals surface area contributed by atoms with E-state index in [-0.39, 0.29) is 13.2 Å². The molecule has 0 fully saturated rings. The highest BCUT2D eigenvalue weighted by Gasteiger charge is 2.42. The third-order valence-electron chi connectivity index (χ3n) is 18.1. The molecule has 0 saturated carbocycles. The minimum Gasteiger partial charge on any atom is -0.457 e. The van der Waals surface area contributed by atoms with Crippen molar-refractivity contribution in [3.8, 4) is 62.4 Å². The van der Waals surface area contributed by atoms with Crippen molar-refractivity contribution in [1.82, 2.24) is 28.7 Å². The summed E-state index contributed by atoms with van der Waals surface area (Å²) in [5, 5.41) is 6.09. The molecule has 0 unspecified atom stereocenters. The Morgan fingerprint density at radius 3 is 1.28 bits per heavy atom. The Morgan fingerprint density at radius 2 is 0.756 bits per heavy atom. The Labute approximate surface area is 516 Å². The molecule has 11 heteroatoms. The first-order valence-electron chi connectivity index (χ1n) is 30.2. The molecule has 16 aromatic rings. The van der Waals surface area contributed by atoms with E-state index in [2.05, 4.69) is 135 Å². The third-order valence-corrected chi connectivity index (χ3v) is 18.1. The highest BCUT2D eigenvalue weighted by atomic mass is 16.5. The van der Waals surface area contributed by atoms with Crippen molar-refractivity contribution in [2.24, 2.45) is 0 Å². The first kappa shape index (κ1) is 51.3. The number of carbonyl (C=O) groups is 2. The van der Waals surface area contributed by atoms with Crippen molar-refractivity contribution in [2.75, 3.05) is 0 Å². The van der Waals surface area contributed by atoms with Gasteiger partial charge in [-0.1, -0.05) is 206 Å². The van der Waals surface area contributed by atoms with Gasteiger partial charge in [-0.15, -0.1) is 0 Å². The largest absolute Gasteiger partial charge is 0.457 e. The molecule has 0 saturated heterocycles. The van der Waals surface area contributed by atoms with E-state index in [1.165, 1.54) is 0 Å². The second-order valence-corrected chi connectivity index (χ2v) is 23.3. The minimum absolute atomic E-state index is 0.133. The molecule has 4 aromatic heterocycles. The van der Waals surface area contributed by atoms with Gasteiger partial charge in [-0.05, 0) is 105 Å². The third kappa shape index (κ3) is 8.03. The topological polar surface area (TPSA) is 106 Å². The summed E-state index contributed by atoms with van der Waals surface area (Å²) in [6.07, 6.45) is 0. The average molecular weight is 1160 g/mol. The van der Waals surface area contributed by atoms with Crippen molar-refractivity contribution >= 4 is 100 Å². The number of fused-ring (bicyclic) bond motifs is 13. The lowest BCUT2D eigenvalue weighted by Crippen LogP contribution is -2.59. The molecular weight excluding hydrogens is 1110 g/mol. The Balaban J connectivity index is 0.858. The first-order chi connectivity index (χ1) is 44.5. The number of para-hydroxylation sites is 4. The van der Waals surface area contributed by atoms with Crippen molar-refractivity contribution in [1.29, 1.82) is 0 Å². The SMILES string of the molecule is O=C(OCc1ccccc1)c1cc2c3c(c1)c1ccccc1n3-c1cc(-c3ccc4c(c3)c3ccccc3n4-c3ccccc3-c3nc(-c4ccccc4)nc(-c4ccccc4)n3)cc3c1B2c1cc(C(=O)OCc2ccccc2)cc2c4ccccc4n-3c12. The smallest absolute Gasteiger partial charge is 0.338 e. The predicted molar refractivity (Wildman–Crippen MR) is 360 cm³/mol. The molecule has 6 heterocycles. The lowest BCUT2D eigenvalue weighted by Gasteiger charge is -2.34. The maximum absolute atomic E-state index is 14.6. The molecule has 0 atom stereocenters. The van der Waals surface area contributed by atoms with Crippen molar-refractivity contribution in [3.05, 3.63) is 295 Å². The van der Waals surface area contributed by atoms with E-state index < -0.39 is 18.7 Å². The molecule has 18 rings (SSSR count). The number of rotatable bonds is 11. The number of aromatic nitrogens is 6. The van der Waals surface area contributed by atoms with Crippen LogP contribution in [0.15, 0.2) is 273 Å². The summed E-state index contributed by atoms with van der Waals surface area (Å²) in [4.78, 5) is 44.7. The summed E-state index contributed by atoms with van der Waals surface area (Å²) in [5.74, 6) is 0.937. The highest BCUT2D eigenvalue weighted by Crippen LogP contribution is 2.44. The highest BCUT2D eigenvalue weighted by molar-refractivity contribution is 7.00. The molecule has 90 heavy (non-hydrogen) atoms. The Morgan fingerprint density at radius 1 is 0.333 bits per heavy atom. The second kappa shape index (κ2) is 20.3. The van der Waals surface area contributed by atoms with Gasteiger partial charge in [0, 0.05) is 71.4 Å². The van der Waals surface area contributed by atoms with Gasteiger partial charge >= 0.3 is 11.9 Å². The number of nitrogens with zero attached hydrogens (tertiary/aromatic N) is 6. The van der Waals surface area contributed by atoms with Crippen molar-refractivity contribution in [2.45, 2.75) is 13.2 Å². The van der Waals surface area contributed by atoms with Gasteiger partial charge in [-0.25, -0.2) is 24.5 Å². The molecule has 10 nitrogen and oxygen atoms in total. The van der Waals surface area contributed by atoms with Crippen molar-refractivity contribution in [3.63, 3.8) is 0 Å². The first-order valence-corrected chi connectivity index (χ1v) is 30.2. The summed E-state index contributed by atoms with van der Waals surface area (Å²) in [6, 6.07) is 93.3. The van der Waals surface area contributed by atoms with Crippen LogP contribution in [-0.2, 0) is 22.7 Å². The Bertz CT molecular complexity index is 5400. The molecule has 0 amide bonds. The molecule has 2 aliphatic rings. The predicted octanol–water partition coefficient (Wildman–Crippen LogP) is 15.7. The lowest BCUT2D eigenvalue weighted by molar-refractivity contribution is 0.0464. The molecule has 0 spiro atoms. The molecule has 12 aromatic carbocycles. The number of hydrogen-bond acceptors (Lipinski definition) is 7. The molecule has 0 bridgehead atoms. The standard InChI is InChI=1S/C79H49BN6O4/c87-78(89-46-48-21-5-1-6-22-48)54-40-61-57-30-14-18-34-66(57)85-70-44-53(45-71-72(70)80(63(42-54)73(61)85)64-43-55(79(88)90-47-49-23-7-2-8-24-49)41-62-58-31-15-19-35-67(58)86(71)74(62)64)52-37-38-69-60(39-52)56-29-13-17-33-65(56)84(69)68-36-20-16-32-59(68)77-82-75(50-25-9-3-10-26-50)81-76(83-77)51-27-11-4-12-28-51/h1-45H,46-47H2. The summed E-state index contributed by atoms with van der Waals surface area (Å²) in [6.45, 7) is -0.161. The molecule has 422 valence electrons. The maximum atomic E-state index is 14.6. The number of carbonyl (C=O) groups excluding carboxylic acids is 2. The number of ether oxygens (including phenoxy) is 2. The van der Waals surface area contributed by atoms with Gasteiger partial charge in [-0.2, -0.15) is 0 Å². The van der Waals surface area contributed by atoms with E-state index in [0.29, 0.717) is 28.6 Å². The maximum Gasteiger partial charge on any atom is 0.338 e. The van der Waals surface area contributed by atoms with E-state index >= 15 is 0 Å². The zero-order valence-electron chi connectivity index (χ0n) is 48.3. The fourth-order valence-electron chi connectivity index (χ4n) is 14.2. The van der Waals surface area contributed by atoms with Crippen molar-refractivity contribution < 1.29 is 19.1 Å². The zero-order chi connectivity index (χ0) is 59.6. The normalized spacial score (nSPS) is 12.2. The van der Waals surface area contributed by atoms with E-state index in [1.807, 2.05) is 152 Å².